The van der Waals surface area contributed by atoms with Crippen LogP contribution in [0.25, 0.3) is 0 Å². The zero-order valence-electron chi connectivity index (χ0n) is 7.51. The van der Waals surface area contributed by atoms with E-state index in [4.69, 9.17) is 0 Å². The summed E-state index contributed by atoms with van der Waals surface area (Å²) in [6, 6.07) is 0. The highest BCUT2D eigenvalue weighted by Crippen LogP contribution is 2.30. The second-order valence-electron chi connectivity index (χ2n) is 3.54. The van der Waals surface area contributed by atoms with E-state index in [0.717, 1.165) is 12.3 Å². The highest BCUT2D eigenvalue weighted by molar-refractivity contribution is 5.01. The Morgan fingerprint density at radius 1 is 1.45 bits per heavy atom. The summed E-state index contributed by atoms with van der Waals surface area (Å²) in [6.07, 6.45) is 6.59. The largest absolute Gasteiger partial charge is 0.513 e. The van der Waals surface area contributed by atoms with Crippen molar-refractivity contribution in [1.29, 1.82) is 0 Å². The molecule has 1 rings (SSSR count). The molecule has 0 aromatic carbocycles. The molecule has 1 aliphatic carbocycles. The molecule has 0 saturated heterocycles. The van der Waals surface area contributed by atoms with Gasteiger partial charge in [-0.05, 0) is 30.8 Å². The van der Waals surface area contributed by atoms with Gasteiger partial charge in [-0.2, -0.15) is 0 Å². The summed E-state index contributed by atoms with van der Waals surface area (Å²) in [4.78, 5) is 0. The van der Waals surface area contributed by atoms with Gasteiger partial charge in [0.1, 0.15) is 0 Å². The molecule has 64 valence electrons. The average Bonchev–Trinajstić information content (AvgIpc) is 2.03. The van der Waals surface area contributed by atoms with Crippen molar-refractivity contribution in [3.8, 4) is 0 Å². The Morgan fingerprint density at radius 2 is 2.18 bits per heavy atom. The van der Waals surface area contributed by atoms with Crippen LogP contribution in [0.4, 0.5) is 0 Å². The molecular formula is C10H18O. The van der Waals surface area contributed by atoms with Gasteiger partial charge < -0.3 is 5.11 Å². The number of hydrogen-bond donors (Lipinski definition) is 1. The van der Waals surface area contributed by atoms with Crippen molar-refractivity contribution in [3.63, 3.8) is 0 Å². The topological polar surface area (TPSA) is 20.2 Å². The van der Waals surface area contributed by atoms with Crippen molar-refractivity contribution < 1.29 is 5.11 Å². The quantitative estimate of drug-likeness (QED) is 0.647. The number of rotatable bonds is 2. The Balaban J connectivity index is 2.53. The zero-order chi connectivity index (χ0) is 8.27. The summed E-state index contributed by atoms with van der Waals surface area (Å²) in [5.41, 5.74) is 0. The fourth-order valence-corrected chi connectivity index (χ4v) is 1.81. The minimum Gasteiger partial charge on any atom is -0.513 e. The lowest BCUT2D eigenvalue weighted by Gasteiger charge is -2.24. The molecule has 0 aromatic rings. The van der Waals surface area contributed by atoms with Crippen LogP contribution in [0.3, 0.4) is 0 Å². The molecule has 0 bridgehead atoms. The molecule has 0 aromatic heterocycles. The third-order valence-corrected chi connectivity index (χ3v) is 2.66. The molecule has 2 atom stereocenters. The number of aliphatic hydroxyl groups is 1. The Kier molecular flexibility index (Phi) is 2.98. The van der Waals surface area contributed by atoms with Gasteiger partial charge in [0.2, 0.25) is 0 Å². The monoisotopic (exact) mass is 154 g/mol. The molecule has 0 fully saturated rings. The van der Waals surface area contributed by atoms with Gasteiger partial charge >= 0.3 is 0 Å². The van der Waals surface area contributed by atoms with Crippen molar-refractivity contribution >= 4 is 0 Å². The van der Waals surface area contributed by atoms with Crippen molar-refractivity contribution in [2.75, 3.05) is 0 Å². The molecule has 0 radical (unpaired) electrons. The maximum Gasteiger partial charge on any atom is 0.0888 e. The summed E-state index contributed by atoms with van der Waals surface area (Å²) >= 11 is 0. The second kappa shape index (κ2) is 3.80. The molecule has 0 spiro atoms. The van der Waals surface area contributed by atoms with Crippen LogP contribution < -0.4 is 0 Å². The van der Waals surface area contributed by atoms with Crippen LogP contribution in [0.1, 0.15) is 39.5 Å². The van der Waals surface area contributed by atoms with E-state index in [2.05, 4.69) is 13.8 Å². The molecule has 1 heteroatoms. The van der Waals surface area contributed by atoms with E-state index < -0.39 is 0 Å². The minimum atomic E-state index is 0.620. The van der Waals surface area contributed by atoms with Gasteiger partial charge in [-0.1, -0.05) is 20.3 Å². The van der Waals surface area contributed by atoms with Crippen LogP contribution in [0.2, 0.25) is 0 Å². The van der Waals surface area contributed by atoms with E-state index in [1.165, 1.54) is 19.3 Å². The lowest BCUT2D eigenvalue weighted by Crippen LogP contribution is -2.13. The Morgan fingerprint density at radius 3 is 2.73 bits per heavy atom. The van der Waals surface area contributed by atoms with Crippen molar-refractivity contribution in [1.82, 2.24) is 0 Å². The summed E-state index contributed by atoms with van der Waals surface area (Å²) < 4.78 is 0. The van der Waals surface area contributed by atoms with Gasteiger partial charge in [0.25, 0.3) is 0 Å². The zero-order valence-corrected chi connectivity index (χ0v) is 7.51. The summed E-state index contributed by atoms with van der Waals surface area (Å²) in [5, 5.41) is 9.37. The lowest BCUT2D eigenvalue weighted by atomic mass is 9.83. The third-order valence-electron chi connectivity index (χ3n) is 2.66. The summed E-state index contributed by atoms with van der Waals surface area (Å²) in [7, 11) is 0. The van der Waals surface area contributed by atoms with Gasteiger partial charge in [-0.25, -0.2) is 0 Å². The maximum atomic E-state index is 9.37. The third kappa shape index (κ3) is 2.25. The van der Waals surface area contributed by atoms with Gasteiger partial charge in [-0.15, -0.1) is 0 Å². The first-order valence-corrected chi connectivity index (χ1v) is 4.65. The van der Waals surface area contributed by atoms with Gasteiger partial charge in [0, 0.05) is 6.42 Å². The normalized spacial score (nSPS) is 31.6. The minimum absolute atomic E-state index is 0.620. The highest BCUT2D eigenvalue weighted by atomic mass is 16.3. The molecule has 0 saturated carbocycles. The molecule has 0 heterocycles. The molecule has 2 unspecified atom stereocenters. The first-order chi connectivity index (χ1) is 5.26. The Bertz CT molecular complexity index is 149. The predicted molar refractivity (Wildman–Crippen MR) is 47.5 cm³/mol. The van der Waals surface area contributed by atoms with Crippen LogP contribution in [0, 0.1) is 11.8 Å². The lowest BCUT2D eigenvalue weighted by molar-refractivity contribution is 0.282. The summed E-state index contributed by atoms with van der Waals surface area (Å²) in [5.74, 6) is 1.98. The van der Waals surface area contributed by atoms with Crippen molar-refractivity contribution in [2.24, 2.45) is 11.8 Å². The predicted octanol–water partition coefficient (Wildman–Crippen LogP) is 3.27. The number of allylic oxidation sites excluding steroid dienone is 2. The highest BCUT2D eigenvalue weighted by Gasteiger charge is 2.19. The fourth-order valence-electron chi connectivity index (χ4n) is 1.81. The van der Waals surface area contributed by atoms with E-state index in [9.17, 15) is 5.11 Å². The number of hydrogen-bond acceptors (Lipinski definition) is 1. The Hall–Kier alpha value is -0.460. The molecule has 1 aliphatic rings. The molecular weight excluding hydrogens is 136 g/mol. The summed E-state index contributed by atoms with van der Waals surface area (Å²) in [6.45, 7) is 4.39. The standard InChI is InChI=1S/C10H18O/c1-3-8-5-9(4-2)7-10(11)6-8/h6,8-9,11H,3-5,7H2,1-2H3. The average molecular weight is 154 g/mol. The van der Waals surface area contributed by atoms with Crippen LogP contribution in [0.5, 0.6) is 0 Å². The van der Waals surface area contributed by atoms with Crippen LogP contribution in [-0.2, 0) is 0 Å². The van der Waals surface area contributed by atoms with E-state index in [-0.39, 0.29) is 0 Å². The first kappa shape index (κ1) is 8.63. The Labute approximate surface area is 69.1 Å². The van der Waals surface area contributed by atoms with Gasteiger partial charge in [0.05, 0.1) is 5.76 Å². The SMILES string of the molecule is CCC1C=C(O)CC(CC)C1. The van der Waals surface area contributed by atoms with E-state index in [1.807, 2.05) is 6.08 Å². The number of aliphatic hydroxyl groups excluding tert-OH is 1. The van der Waals surface area contributed by atoms with Crippen LogP contribution in [0.15, 0.2) is 11.8 Å². The van der Waals surface area contributed by atoms with Crippen molar-refractivity contribution in [2.45, 2.75) is 39.5 Å². The van der Waals surface area contributed by atoms with Gasteiger partial charge in [-0.3, -0.25) is 0 Å². The molecule has 1 N–H and O–H groups in total. The second-order valence-corrected chi connectivity index (χ2v) is 3.54. The van der Waals surface area contributed by atoms with Crippen LogP contribution >= 0.6 is 0 Å². The van der Waals surface area contributed by atoms with E-state index >= 15 is 0 Å². The molecule has 11 heavy (non-hydrogen) atoms. The molecule has 1 nitrogen and oxygen atoms in total. The molecule has 0 amide bonds. The van der Waals surface area contributed by atoms with Gasteiger partial charge in [0.15, 0.2) is 0 Å². The van der Waals surface area contributed by atoms with Crippen molar-refractivity contribution in [3.05, 3.63) is 11.8 Å². The first-order valence-electron chi connectivity index (χ1n) is 4.65. The van der Waals surface area contributed by atoms with Crippen LogP contribution in [-0.4, -0.2) is 5.11 Å². The smallest absolute Gasteiger partial charge is 0.0888 e. The maximum absolute atomic E-state index is 9.37. The molecule has 0 aliphatic heterocycles. The van der Waals surface area contributed by atoms with E-state index in [0.29, 0.717) is 11.7 Å². The van der Waals surface area contributed by atoms with E-state index in [1.54, 1.807) is 0 Å². The fraction of sp³-hybridized carbons (Fsp3) is 0.800.